The summed E-state index contributed by atoms with van der Waals surface area (Å²) in [6, 6.07) is 11.6. The molecule has 1 heterocycles. The van der Waals surface area contributed by atoms with E-state index in [2.05, 4.69) is 26.2 Å². The Kier molecular flexibility index (Phi) is 7.15. The van der Waals surface area contributed by atoms with Crippen molar-refractivity contribution in [2.24, 2.45) is 0 Å². The number of amides is 1. The molecule has 0 radical (unpaired) electrons. The predicted molar refractivity (Wildman–Crippen MR) is 120 cm³/mol. The molecule has 0 atom stereocenters. The Bertz CT molecular complexity index is 1070. The molecule has 6 nitrogen and oxygen atoms in total. The lowest BCUT2D eigenvalue weighted by atomic mass is 10.1. The largest absolute Gasteiger partial charge is 0.497 e. The van der Waals surface area contributed by atoms with Crippen LogP contribution in [0.2, 0.25) is 0 Å². The molecule has 0 saturated heterocycles. The van der Waals surface area contributed by atoms with E-state index in [4.69, 9.17) is 9.47 Å². The number of esters is 1. The summed E-state index contributed by atoms with van der Waals surface area (Å²) in [5, 5.41) is 3.71. The van der Waals surface area contributed by atoms with Crippen LogP contribution in [0.15, 0.2) is 40.9 Å². The summed E-state index contributed by atoms with van der Waals surface area (Å²) in [5.74, 6) is 0.357. The molecule has 1 amide bonds. The maximum Gasteiger partial charge on any atom is 0.340 e. The summed E-state index contributed by atoms with van der Waals surface area (Å²) in [5.41, 5.74) is 3.99. The maximum atomic E-state index is 12.5. The van der Waals surface area contributed by atoms with E-state index in [1.165, 1.54) is 0 Å². The minimum atomic E-state index is -0.364. The van der Waals surface area contributed by atoms with Crippen LogP contribution < -0.4 is 10.1 Å². The van der Waals surface area contributed by atoms with Gasteiger partial charge in [-0.1, -0.05) is 28.1 Å². The monoisotopic (exact) mass is 472 g/mol. The van der Waals surface area contributed by atoms with Gasteiger partial charge in [0.1, 0.15) is 5.75 Å². The van der Waals surface area contributed by atoms with Gasteiger partial charge in [0.15, 0.2) is 0 Å². The molecule has 0 fully saturated rings. The van der Waals surface area contributed by atoms with Crippen LogP contribution in [0.25, 0.3) is 10.9 Å². The fourth-order valence-corrected chi connectivity index (χ4v) is 3.89. The SMILES string of the molecule is CCOC(=O)c1c(C)[nH]c2cc(Br)c(CC(=O)NCCc3cccc(OC)c3)cc12. The first-order valence-corrected chi connectivity index (χ1v) is 10.6. The molecule has 7 heteroatoms. The van der Waals surface area contributed by atoms with E-state index in [-0.39, 0.29) is 18.3 Å². The van der Waals surface area contributed by atoms with E-state index in [9.17, 15) is 9.59 Å². The fourth-order valence-electron chi connectivity index (χ4n) is 3.41. The van der Waals surface area contributed by atoms with Gasteiger partial charge < -0.3 is 19.8 Å². The third kappa shape index (κ3) is 5.02. The molecule has 0 saturated carbocycles. The van der Waals surface area contributed by atoms with Crippen LogP contribution in [0.4, 0.5) is 0 Å². The van der Waals surface area contributed by atoms with Crippen LogP contribution in [0.5, 0.6) is 5.75 Å². The number of hydrogen-bond acceptors (Lipinski definition) is 4. The standard InChI is InChI=1S/C23H25BrN2O4/c1-4-30-23(28)22-14(2)26-20-13-19(24)16(11-18(20)22)12-21(27)25-9-8-15-6-5-7-17(10-15)29-3/h5-7,10-11,13,26H,4,8-9,12H2,1-3H3,(H,25,27). The van der Waals surface area contributed by atoms with Gasteiger partial charge in [0.05, 0.1) is 25.7 Å². The number of aryl methyl sites for hydroxylation is 1. The van der Waals surface area contributed by atoms with Crippen molar-refractivity contribution < 1.29 is 19.1 Å². The van der Waals surface area contributed by atoms with Gasteiger partial charge in [-0.3, -0.25) is 4.79 Å². The summed E-state index contributed by atoms with van der Waals surface area (Å²) < 4.78 is 11.2. The quantitative estimate of drug-likeness (QED) is 0.478. The molecule has 0 aliphatic carbocycles. The molecule has 158 valence electrons. The molecule has 0 unspecified atom stereocenters. The second-order valence-corrected chi connectivity index (χ2v) is 7.82. The number of benzene rings is 2. The Morgan fingerprint density at radius 3 is 2.73 bits per heavy atom. The highest BCUT2D eigenvalue weighted by molar-refractivity contribution is 9.10. The number of aromatic nitrogens is 1. The number of fused-ring (bicyclic) bond motifs is 1. The van der Waals surface area contributed by atoms with E-state index in [1.54, 1.807) is 14.0 Å². The molecule has 3 aromatic rings. The van der Waals surface area contributed by atoms with Crippen molar-refractivity contribution in [3.8, 4) is 5.75 Å². The Morgan fingerprint density at radius 1 is 1.20 bits per heavy atom. The van der Waals surface area contributed by atoms with Crippen molar-refractivity contribution in [1.29, 1.82) is 0 Å². The number of carbonyl (C=O) groups excluding carboxylic acids is 2. The first kappa shape index (κ1) is 21.9. The Balaban J connectivity index is 1.69. The summed E-state index contributed by atoms with van der Waals surface area (Å²) in [4.78, 5) is 28.0. The Labute approximate surface area is 184 Å². The normalized spacial score (nSPS) is 10.8. The zero-order valence-corrected chi connectivity index (χ0v) is 18.9. The Hall–Kier alpha value is -2.80. The molecule has 0 bridgehead atoms. The summed E-state index contributed by atoms with van der Waals surface area (Å²) in [6.45, 7) is 4.46. The zero-order valence-electron chi connectivity index (χ0n) is 17.3. The van der Waals surface area contributed by atoms with Gasteiger partial charge in [-0.25, -0.2) is 4.79 Å². The van der Waals surface area contributed by atoms with Crippen LogP contribution in [0, 0.1) is 6.92 Å². The molecule has 2 N–H and O–H groups in total. The van der Waals surface area contributed by atoms with Crippen molar-refractivity contribution in [3.63, 3.8) is 0 Å². The molecule has 30 heavy (non-hydrogen) atoms. The van der Waals surface area contributed by atoms with E-state index < -0.39 is 0 Å². The zero-order chi connectivity index (χ0) is 21.7. The van der Waals surface area contributed by atoms with Crippen molar-refractivity contribution in [2.75, 3.05) is 20.3 Å². The van der Waals surface area contributed by atoms with E-state index >= 15 is 0 Å². The van der Waals surface area contributed by atoms with E-state index in [0.717, 1.165) is 37.9 Å². The smallest absolute Gasteiger partial charge is 0.340 e. The number of H-pyrrole nitrogens is 1. The summed E-state index contributed by atoms with van der Waals surface area (Å²) >= 11 is 3.54. The number of rotatable bonds is 8. The van der Waals surface area contributed by atoms with Crippen molar-refractivity contribution in [2.45, 2.75) is 26.7 Å². The number of hydrogen-bond donors (Lipinski definition) is 2. The topological polar surface area (TPSA) is 80.4 Å². The number of ether oxygens (including phenoxy) is 2. The van der Waals surface area contributed by atoms with Gasteiger partial charge >= 0.3 is 5.97 Å². The first-order valence-electron chi connectivity index (χ1n) is 9.80. The van der Waals surface area contributed by atoms with Gasteiger partial charge in [0.25, 0.3) is 0 Å². The minimum absolute atomic E-state index is 0.0807. The number of aromatic amines is 1. The molecular weight excluding hydrogens is 448 g/mol. The Morgan fingerprint density at radius 2 is 2.00 bits per heavy atom. The van der Waals surface area contributed by atoms with Crippen molar-refractivity contribution >= 4 is 38.7 Å². The lowest BCUT2D eigenvalue weighted by Gasteiger charge is -2.09. The highest BCUT2D eigenvalue weighted by Crippen LogP contribution is 2.29. The number of halogens is 1. The lowest BCUT2D eigenvalue weighted by molar-refractivity contribution is -0.120. The molecule has 3 rings (SSSR count). The molecule has 0 spiro atoms. The average molecular weight is 473 g/mol. The van der Waals surface area contributed by atoms with Crippen molar-refractivity contribution in [1.82, 2.24) is 10.3 Å². The van der Waals surface area contributed by atoms with Crippen LogP contribution in [-0.4, -0.2) is 37.1 Å². The van der Waals surface area contributed by atoms with Crippen LogP contribution in [0.1, 0.15) is 34.1 Å². The second kappa shape index (κ2) is 9.80. The third-order valence-electron chi connectivity index (χ3n) is 4.85. The van der Waals surface area contributed by atoms with Crippen molar-refractivity contribution in [3.05, 3.63) is 63.3 Å². The van der Waals surface area contributed by atoms with Gasteiger partial charge in [-0.15, -0.1) is 0 Å². The number of methoxy groups -OCH3 is 1. The number of carbonyl (C=O) groups is 2. The minimum Gasteiger partial charge on any atom is -0.497 e. The van der Waals surface area contributed by atoms with Crippen LogP contribution in [0.3, 0.4) is 0 Å². The van der Waals surface area contributed by atoms with Crippen LogP contribution in [-0.2, 0) is 22.4 Å². The predicted octanol–water partition coefficient (Wildman–Crippen LogP) is 4.33. The van der Waals surface area contributed by atoms with Gasteiger partial charge in [-0.2, -0.15) is 0 Å². The molecule has 1 aromatic heterocycles. The second-order valence-electron chi connectivity index (χ2n) is 6.96. The summed E-state index contributed by atoms with van der Waals surface area (Å²) in [7, 11) is 1.63. The molecule has 0 aliphatic heterocycles. The maximum absolute atomic E-state index is 12.5. The molecular formula is C23H25BrN2O4. The van der Waals surface area contributed by atoms with Gasteiger partial charge in [-0.05, 0) is 55.7 Å². The summed E-state index contributed by atoms with van der Waals surface area (Å²) in [6.07, 6.45) is 0.925. The highest BCUT2D eigenvalue weighted by Gasteiger charge is 2.19. The van der Waals surface area contributed by atoms with E-state index in [1.807, 2.05) is 43.3 Å². The number of nitrogens with one attached hydrogen (secondary N) is 2. The van der Waals surface area contributed by atoms with Gasteiger partial charge in [0.2, 0.25) is 5.91 Å². The van der Waals surface area contributed by atoms with Crippen LogP contribution >= 0.6 is 15.9 Å². The average Bonchev–Trinajstić information content (AvgIpc) is 3.03. The lowest BCUT2D eigenvalue weighted by Crippen LogP contribution is -2.27. The van der Waals surface area contributed by atoms with E-state index in [0.29, 0.717) is 25.1 Å². The first-order chi connectivity index (χ1) is 14.4. The highest BCUT2D eigenvalue weighted by atomic mass is 79.9. The van der Waals surface area contributed by atoms with Gasteiger partial charge in [0, 0.05) is 27.6 Å². The molecule has 0 aliphatic rings. The third-order valence-corrected chi connectivity index (χ3v) is 5.59. The fraction of sp³-hybridized carbons (Fsp3) is 0.304. The molecule has 2 aromatic carbocycles.